The molecule has 0 heterocycles. The standard InChI is InChI=1S/C88H172O17P2/c1-8-11-12-13-14-15-16-17-18-19-20-21-22-27-33-38-43-48-57-64-71-87(92)104-83(75-98-85(90)69-62-55-47-42-37-32-26-24-23-25-30-35-40-45-52-59-66-79(4)5)77-102-106(94,95)100-73-82(89)74-101-107(96,97)103-78-84(76-99-86(91)70-63-56-51-50-54-61-68-81(7)10-3)105-88(93)72-65-58-49-44-39-34-29-28-31-36-41-46-53-60-67-80(6)9-2/h79-84,89H,8-78H2,1-7H3,(H,94,95)(H,96,97)/t80?,81?,82-,83-,84-/m1/s1. The summed E-state index contributed by atoms with van der Waals surface area (Å²) in [5.41, 5.74) is 0. The lowest BCUT2D eigenvalue weighted by atomic mass is 9.99. The van der Waals surface area contributed by atoms with Crippen LogP contribution in [0.3, 0.4) is 0 Å². The Balaban J connectivity index is 5.23. The lowest BCUT2D eigenvalue weighted by Crippen LogP contribution is -2.30. The van der Waals surface area contributed by atoms with Crippen molar-refractivity contribution in [3.8, 4) is 0 Å². The van der Waals surface area contributed by atoms with E-state index in [4.69, 9.17) is 37.0 Å². The summed E-state index contributed by atoms with van der Waals surface area (Å²) in [5.74, 6) is 0.286. The molecule has 19 heteroatoms. The van der Waals surface area contributed by atoms with Gasteiger partial charge in [0.2, 0.25) is 0 Å². The second kappa shape index (κ2) is 78.0. The van der Waals surface area contributed by atoms with Crippen molar-refractivity contribution in [1.82, 2.24) is 0 Å². The van der Waals surface area contributed by atoms with E-state index in [-0.39, 0.29) is 25.7 Å². The van der Waals surface area contributed by atoms with Crippen molar-refractivity contribution in [2.75, 3.05) is 39.6 Å². The Morgan fingerprint density at radius 2 is 0.477 bits per heavy atom. The normalized spacial score (nSPS) is 14.3. The summed E-state index contributed by atoms with van der Waals surface area (Å²) >= 11 is 0. The third-order valence-electron chi connectivity index (χ3n) is 21.4. The Kier molecular flexibility index (Phi) is 76.6. The number of aliphatic hydroxyl groups is 1. The van der Waals surface area contributed by atoms with Crippen LogP contribution in [-0.2, 0) is 65.4 Å². The van der Waals surface area contributed by atoms with Gasteiger partial charge in [0.15, 0.2) is 12.2 Å². The zero-order chi connectivity index (χ0) is 78.6. The van der Waals surface area contributed by atoms with Crippen LogP contribution < -0.4 is 0 Å². The SMILES string of the molecule is CCCCCCCCCCCCCCCCCCCCCCC(=O)O[C@H](COC(=O)CCCCCCCCCCCCCCCCCCC(C)C)COP(=O)(O)OC[C@@H](O)COP(=O)(O)OC[C@@H](COC(=O)CCCCCCCCC(C)CC)OC(=O)CCCCCCCCCCCCCCCCC(C)CC. The van der Waals surface area contributed by atoms with Crippen LogP contribution in [0.1, 0.15) is 466 Å². The number of aliphatic hydroxyl groups excluding tert-OH is 1. The molecule has 0 aliphatic heterocycles. The highest BCUT2D eigenvalue weighted by Gasteiger charge is 2.31. The van der Waals surface area contributed by atoms with E-state index >= 15 is 0 Å². The van der Waals surface area contributed by atoms with Gasteiger partial charge >= 0.3 is 39.5 Å². The summed E-state index contributed by atoms with van der Waals surface area (Å²) in [7, 11) is -9.93. The second-order valence-electron chi connectivity index (χ2n) is 32.6. The molecule has 0 fully saturated rings. The first-order chi connectivity index (χ1) is 51.8. The van der Waals surface area contributed by atoms with Gasteiger partial charge in [0.25, 0.3) is 0 Å². The third-order valence-corrected chi connectivity index (χ3v) is 23.3. The van der Waals surface area contributed by atoms with Gasteiger partial charge in [-0.2, -0.15) is 0 Å². The Morgan fingerprint density at radius 1 is 0.271 bits per heavy atom. The maximum Gasteiger partial charge on any atom is 0.472 e. The van der Waals surface area contributed by atoms with E-state index < -0.39 is 97.5 Å². The Morgan fingerprint density at radius 3 is 0.710 bits per heavy atom. The number of phosphoric acid groups is 2. The molecule has 0 rings (SSSR count). The molecule has 7 atom stereocenters. The first-order valence-corrected chi connectivity index (χ1v) is 48.4. The summed E-state index contributed by atoms with van der Waals surface area (Å²) in [4.78, 5) is 73.3. The first kappa shape index (κ1) is 105. The molecule has 0 saturated heterocycles. The molecule has 0 amide bonds. The Hall–Kier alpha value is -1.94. The highest BCUT2D eigenvalue weighted by Crippen LogP contribution is 2.45. The molecule has 4 unspecified atom stereocenters. The minimum atomic E-state index is -4.97. The monoisotopic (exact) mass is 1560 g/mol. The predicted molar refractivity (Wildman–Crippen MR) is 441 cm³/mol. The fourth-order valence-electron chi connectivity index (χ4n) is 13.7. The van der Waals surface area contributed by atoms with Gasteiger partial charge in [0.1, 0.15) is 19.3 Å². The van der Waals surface area contributed by atoms with Crippen LogP contribution >= 0.6 is 15.6 Å². The number of esters is 4. The van der Waals surface area contributed by atoms with Gasteiger partial charge in [-0.05, 0) is 43.4 Å². The molecule has 0 aromatic heterocycles. The van der Waals surface area contributed by atoms with Crippen LogP contribution in [0, 0.1) is 17.8 Å². The van der Waals surface area contributed by atoms with E-state index in [9.17, 15) is 43.2 Å². The molecule has 0 saturated carbocycles. The van der Waals surface area contributed by atoms with Gasteiger partial charge in [-0.3, -0.25) is 37.3 Å². The molecule has 17 nitrogen and oxygen atoms in total. The quantitative estimate of drug-likeness (QED) is 0.0222. The van der Waals surface area contributed by atoms with Gasteiger partial charge in [0.05, 0.1) is 26.4 Å². The van der Waals surface area contributed by atoms with Crippen LogP contribution in [0.4, 0.5) is 0 Å². The zero-order valence-corrected chi connectivity index (χ0v) is 72.4. The number of ether oxygens (including phenoxy) is 4. The predicted octanol–water partition coefficient (Wildman–Crippen LogP) is 26.9. The minimum Gasteiger partial charge on any atom is -0.462 e. The fourth-order valence-corrected chi connectivity index (χ4v) is 15.2. The fraction of sp³-hybridized carbons (Fsp3) is 0.955. The Bertz CT molecular complexity index is 2060. The van der Waals surface area contributed by atoms with Crippen molar-refractivity contribution < 1.29 is 80.2 Å². The highest BCUT2D eigenvalue weighted by atomic mass is 31.2. The van der Waals surface area contributed by atoms with Crippen LogP contribution in [0.25, 0.3) is 0 Å². The van der Waals surface area contributed by atoms with Crippen LogP contribution in [-0.4, -0.2) is 96.7 Å². The average Bonchev–Trinajstić information content (AvgIpc) is 0.903. The van der Waals surface area contributed by atoms with E-state index in [0.717, 1.165) is 114 Å². The number of hydrogen-bond donors (Lipinski definition) is 3. The van der Waals surface area contributed by atoms with E-state index in [1.165, 1.54) is 270 Å². The molecule has 107 heavy (non-hydrogen) atoms. The van der Waals surface area contributed by atoms with Gasteiger partial charge in [-0.25, -0.2) is 9.13 Å². The van der Waals surface area contributed by atoms with Gasteiger partial charge < -0.3 is 33.8 Å². The van der Waals surface area contributed by atoms with Crippen molar-refractivity contribution in [2.24, 2.45) is 17.8 Å². The molecule has 0 aromatic rings. The topological polar surface area (TPSA) is 237 Å². The first-order valence-electron chi connectivity index (χ1n) is 45.4. The number of unbranched alkanes of at least 4 members (excludes halogenated alkanes) is 52. The molecule has 0 radical (unpaired) electrons. The van der Waals surface area contributed by atoms with Crippen LogP contribution in [0.5, 0.6) is 0 Å². The number of phosphoric ester groups is 2. The highest BCUT2D eigenvalue weighted by molar-refractivity contribution is 7.47. The maximum absolute atomic E-state index is 13.2. The van der Waals surface area contributed by atoms with Gasteiger partial charge in [-0.1, -0.05) is 414 Å². The van der Waals surface area contributed by atoms with Gasteiger partial charge in [-0.15, -0.1) is 0 Å². The van der Waals surface area contributed by atoms with Crippen molar-refractivity contribution in [2.45, 2.75) is 484 Å². The molecular formula is C88H172O17P2. The molecule has 636 valence electrons. The largest absolute Gasteiger partial charge is 0.472 e. The van der Waals surface area contributed by atoms with Crippen molar-refractivity contribution in [3.05, 3.63) is 0 Å². The molecule has 0 spiro atoms. The molecular weight excluding hydrogens is 1390 g/mol. The smallest absolute Gasteiger partial charge is 0.462 e. The average molecular weight is 1560 g/mol. The number of carbonyl (C=O) groups excluding carboxylic acids is 4. The van der Waals surface area contributed by atoms with Crippen molar-refractivity contribution >= 4 is 39.5 Å². The number of hydrogen-bond acceptors (Lipinski definition) is 15. The lowest BCUT2D eigenvalue weighted by molar-refractivity contribution is -0.161. The van der Waals surface area contributed by atoms with E-state index in [1.54, 1.807) is 0 Å². The third kappa shape index (κ3) is 79.1. The van der Waals surface area contributed by atoms with Crippen LogP contribution in [0.2, 0.25) is 0 Å². The number of carbonyl (C=O) groups is 4. The van der Waals surface area contributed by atoms with E-state index in [1.807, 2.05) is 0 Å². The molecule has 0 aromatic carbocycles. The molecule has 0 aliphatic carbocycles. The van der Waals surface area contributed by atoms with Crippen molar-refractivity contribution in [1.29, 1.82) is 0 Å². The molecule has 3 N–H and O–H groups in total. The summed E-state index contributed by atoms with van der Waals surface area (Å²) in [6.45, 7) is 12.0. The van der Waals surface area contributed by atoms with Crippen LogP contribution in [0.15, 0.2) is 0 Å². The lowest BCUT2D eigenvalue weighted by Gasteiger charge is -2.21. The minimum absolute atomic E-state index is 0.107. The van der Waals surface area contributed by atoms with Crippen molar-refractivity contribution in [3.63, 3.8) is 0 Å². The summed E-state index contributed by atoms with van der Waals surface area (Å²) in [6.07, 6.45) is 69.5. The van der Waals surface area contributed by atoms with Gasteiger partial charge in [0, 0.05) is 25.7 Å². The van der Waals surface area contributed by atoms with E-state index in [0.29, 0.717) is 25.7 Å². The zero-order valence-electron chi connectivity index (χ0n) is 70.6. The summed E-state index contributed by atoms with van der Waals surface area (Å²) in [6, 6.07) is 0. The number of rotatable bonds is 86. The Labute approximate surface area is 658 Å². The summed E-state index contributed by atoms with van der Waals surface area (Å²) in [5, 5.41) is 10.7. The summed E-state index contributed by atoms with van der Waals surface area (Å²) < 4.78 is 69.0. The van der Waals surface area contributed by atoms with E-state index in [2.05, 4.69) is 48.5 Å². The second-order valence-corrected chi connectivity index (χ2v) is 35.5. The maximum atomic E-state index is 13.2. The molecule has 0 bridgehead atoms. The molecule has 0 aliphatic rings.